The molecule has 0 spiro atoms. The molecule has 1 saturated heterocycles. The van der Waals surface area contributed by atoms with Crippen molar-refractivity contribution in [2.45, 2.75) is 314 Å². The van der Waals surface area contributed by atoms with E-state index in [0.717, 1.165) is 64.2 Å². The molecular formula is C62H113NO8. The second-order valence-electron chi connectivity index (χ2n) is 20.8. The number of amides is 1. The zero-order valence-corrected chi connectivity index (χ0v) is 46.0. The van der Waals surface area contributed by atoms with Crippen molar-refractivity contribution in [2.75, 3.05) is 13.2 Å². The first kappa shape index (κ1) is 66.9. The van der Waals surface area contributed by atoms with Gasteiger partial charge >= 0.3 is 0 Å². The molecule has 1 aliphatic heterocycles. The Labute approximate surface area is 436 Å². The third kappa shape index (κ3) is 40.9. The number of rotatable bonds is 51. The van der Waals surface area contributed by atoms with Crippen molar-refractivity contribution in [1.29, 1.82) is 0 Å². The van der Waals surface area contributed by atoms with Crippen LogP contribution >= 0.6 is 0 Å². The van der Waals surface area contributed by atoms with Gasteiger partial charge in [-0.3, -0.25) is 4.79 Å². The first-order valence-corrected chi connectivity index (χ1v) is 30.0. The molecule has 1 amide bonds. The lowest BCUT2D eigenvalue weighted by Gasteiger charge is -2.40. The third-order valence-electron chi connectivity index (χ3n) is 14.0. The molecule has 0 bridgehead atoms. The van der Waals surface area contributed by atoms with Gasteiger partial charge in [0.15, 0.2) is 6.29 Å². The van der Waals surface area contributed by atoms with Crippen LogP contribution in [0.15, 0.2) is 60.8 Å². The highest BCUT2D eigenvalue weighted by Crippen LogP contribution is 2.23. The molecule has 6 N–H and O–H groups in total. The topological polar surface area (TPSA) is 149 Å². The van der Waals surface area contributed by atoms with Crippen molar-refractivity contribution in [3.05, 3.63) is 60.8 Å². The largest absolute Gasteiger partial charge is 0.394 e. The van der Waals surface area contributed by atoms with Crippen LogP contribution in [0.2, 0.25) is 0 Å². The molecule has 9 nitrogen and oxygen atoms in total. The average molecular weight is 1000 g/mol. The van der Waals surface area contributed by atoms with E-state index < -0.39 is 49.5 Å². The van der Waals surface area contributed by atoms with E-state index >= 15 is 0 Å². The molecule has 0 aromatic carbocycles. The van der Waals surface area contributed by atoms with Crippen molar-refractivity contribution in [3.8, 4) is 0 Å². The fraction of sp³-hybridized carbons (Fsp3) is 0.823. The van der Waals surface area contributed by atoms with Gasteiger partial charge in [-0.2, -0.15) is 0 Å². The Balaban J connectivity index is 2.23. The Morgan fingerprint density at radius 2 is 0.845 bits per heavy atom. The van der Waals surface area contributed by atoms with Gasteiger partial charge in [0, 0.05) is 6.42 Å². The minimum atomic E-state index is -1.58. The van der Waals surface area contributed by atoms with E-state index in [4.69, 9.17) is 9.47 Å². The Bertz CT molecular complexity index is 1300. The molecule has 0 aromatic rings. The lowest BCUT2D eigenvalue weighted by Crippen LogP contribution is -2.60. The van der Waals surface area contributed by atoms with E-state index in [2.05, 4.69) is 67.8 Å². The molecule has 7 atom stereocenters. The number of aliphatic hydroxyl groups is 5. The van der Waals surface area contributed by atoms with Crippen molar-refractivity contribution >= 4 is 5.91 Å². The summed E-state index contributed by atoms with van der Waals surface area (Å²) in [6.45, 7) is 3.75. The van der Waals surface area contributed by atoms with Crippen LogP contribution in [0.1, 0.15) is 271 Å². The highest BCUT2D eigenvalue weighted by atomic mass is 16.7. The first-order valence-electron chi connectivity index (χ1n) is 30.0. The predicted octanol–water partition coefficient (Wildman–Crippen LogP) is 15.1. The van der Waals surface area contributed by atoms with E-state index in [1.165, 1.54) is 186 Å². The van der Waals surface area contributed by atoms with Crippen LogP contribution in [0.25, 0.3) is 0 Å². The van der Waals surface area contributed by atoms with Crippen LogP contribution in [0.4, 0.5) is 0 Å². The second-order valence-corrected chi connectivity index (χ2v) is 20.8. The van der Waals surface area contributed by atoms with E-state index in [0.29, 0.717) is 6.42 Å². The molecule has 7 unspecified atom stereocenters. The molecule has 1 aliphatic rings. The number of carbonyl (C=O) groups excluding carboxylic acids is 1. The zero-order valence-electron chi connectivity index (χ0n) is 46.0. The maximum atomic E-state index is 13.0. The monoisotopic (exact) mass is 1000 g/mol. The zero-order chi connectivity index (χ0) is 51.5. The minimum Gasteiger partial charge on any atom is -0.394 e. The minimum absolute atomic E-state index is 0.198. The highest BCUT2D eigenvalue weighted by Gasteiger charge is 2.44. The molecule has 0 aliphatic carbocycles. The molecule has 414 valence electrons. The molecule has 9 heteroatoms. The summed E-state index contributed by atoms with van der Waals surface area (Å²) in [5.74, 6) is -0.198. The third-order valence-corrected chi connectivity index (χ3v) is 14.0. The summed E-state index contributed by atoms with van der Waals surface area (Å²) in [5.41, 5.74) is 0. The predicted molar refractivity (Wildman–Crippen MR) is 299 cm³/mol. The molecule has 0 radical (unpaired) electrons. The van der Waals surface area contributed by atoms with Crippen LogP contribution in [0.3, 0.4) is 0 Å². The van der Waals surface area contributed by atoms with E-state index in [9.17, 15) is 30.3 Å². The van der Waals surface area contributed by atoms with Gasteiger partial charge in [-0.1, -0.05) is 248 Å². The summed E-state index contributed by atoms with van der Waals surface area (Å²) in [5, 5.41) is 54.5. The maximum Gasteiger partial charge on any atom is 0.220 e. The van der Waals surface area contributed by atoms with Gasteiger partial charge < -0.3 is 40.3 Å². The number of hydrogen-bond donors (Lipinski definition) is 6. The summed E-state index contributed by atoms with van der Waals surface area (Å²) in [6, 6.07) is -0.835. The van der Waals surface area contributed by atoms with Crippen LogP contribution in [-0.4, -0.2) is 87.5 Å². The van der Waals surface area contributed by atoms with Crippen molar-refractivity contribution < 1.29 is 39.8 Å². The number of allylic oxidation sites excluding steroid dienone is 9. The van der Waals surface area contributed by atoms with Gasteiger partial charge in [-0.15, -0.1) is 0 Å². The van der Waals surface area contributed by atoms with Gasteiger partial charge in [0.2, 0.25) is 5.91 Å². The number of carbonyl (C=O) groups is 1. The summed E-state index contributed by atoms with van der Waals surface area (Å²) < 4.78 is 11.3. The smallest absolute Gasteiger partial charge is 0.220 e. The Kier molecular flexibility index (Phi) is 48.4. The van der Waals surface area contributed by atoms with Gasteiger partial charge in [0.1, 0.15) is 24.4 Å². The molecule has 1 heterocycles. The van der Waals surface area contributed by atoms with Crippen LogP contribution in [0, 0.1) is 0 Å². The standard InChI is InChI=1S/C62H113NO8/c1-3-5-7-9-11-13-15-17-19-21-23-24-25-26-27-28-29-30-31-32-33-34-35-37-39-41-43-45-47-49-51-56(65)55(54-70-62-61(69)60(68)59(67)57(53-64)71-62)63-58(66)52-50-48-46-44-42-40-38-36-22-20-18-16-14-12-10-8-6-4-2/h14,16,20,22,34-35,41,43,49,51,55-57,59-62,64-65,67-69H,3-13,15,17-19,21,23-33,36-40,42,44-48,50,52-54H2,1-2H3,(H,63,66)/b16-14-,22-20-,35-34+,43-41+,51-49+. The normalized spacial score (nSPS) is 19.7. The average Bonchev–Trinajstić information content (AvgIpc) is 3.37. The first-order chi connectivity index (χ1) is 34.8. The summed E-state index contributed by atoms with van der Waals surface area (Å²) >= 11 is 0. The van der Waals surface area contributed by atoms with Gasteiger partial charge in [0.25, 0.3) is 0 Å². The van der Waals surface area contributed by atoms with E-state index in [1.54, 1.807) is 6.08 Å². The van der Waals surface area contributed by atoms with Crippen molar-refractivity contribution in [3.63, 3.8) is 0 Å². The molecule has 1 rings (SSSR count). The van der Waals surface area contributed by atoms with Gasteiger partial charge in [0.05, 0.1) is 25.4 Å². The van der Waals surface area contributed by atoms with E-state index in [-0.39, 0.29) is 12.5 Å². The Morgan fingerprint density at radius 1 is 0.479 bits per heavy atom. The fourth-order valence-electron chi connectivity index (χ4n) is 9.28. The number of ether oxygens (including phenoxy) is 2. The Morgan fingerprint density at radius 3 is 1.28 bits per heavy atom. The highest BCUT2D eigenvalue weighted by molar-refractivity contribution is 5.76. The second kappa shape index (κ2) is 51.4. The maximum absolute atomic E-state index is 13.0. The Hall–Kier alpha value is -2.11. The van der Waals surface area contributed by atoms with Crippen LogP contribution < -0.4 is 5.32 Å². The molecule has 1 fully saturated rings. The van der Waals surface area contributed by atoms with Gasteiger partial charge in [-0.25, -0.2) is 0 Å². The van der Waals surface area contributed by atoms with Crippen molar-refractivity contribution in [1.82, 2.24) is 5.32 Å². The van der Waals surface area contributed by atoms with E-state index in [1.807, 2.05) is 6.08 Å². The number of nitrogens with one attached hydrogen (secondary N) is 1. The molecule has 71 heavy (non-hydrogen) atoms. The number of unbranched alkanes of at least 4 members (excludes halogenated alkanes) is 33. The summed E-state index contributed by atoms with van der Waals surface area (Å²) in [6.07, 6.45) is 63.0. The van der Waals surface area contributed by atoms with Crippen LogP contribution in [-0.2, 0) is 14.3 Å². The molecular weight excluding hydrogens is 887 g/mol. The summed E-state index contributed by atoms with van der Waals surface area (Å²) in [7, 11) is 0. The fourth-order valence-corrected chi connectivity index (χ4v) is 9.28. The molecule has 0 aromatic heterocycles. The lowest BCUT2D eigenvalue weighted by molar-refractivity contribution is -0.302. The van der Waals surface area contributed by atoms with Gasteiger partial charge in [-0.05, 0) is 77.0 Å². The van der Waals surface area contributed by atoms with Crippen molar-refractivity contribution in [2.24, 2.45) is 0 Å². The number of aliphatic hydroxyl groups excluding tert-OH is 5. The number of hydrogen-bond acceptors (Lipinski definition) is 8. The lowest BCUT2D eigenvalue weighted by atomic mass is 9.99. The summed E-state index contributed by atoms with van der Waals surface area (Å²) in [4.78, 5) is 13.0. The quantitative estimate of drug-likeness (QED) is 0.0261. The van der Waals surface area contributed by atoms with Crippen LogP contribution in [0.5, 0.6) is 0 Å². The molecule has 0 saturated carbocycles. The SMILES string of the molecule is CCCCCC/C=C\C/C=C\CCCCCCCCCC(=O)NC(COC1OC(CO)C(O)C(O)C1O)C(O)/C=C/CC/C=C/CC/C=C/CCCCCCCCCCCCCCCCCCCCCC.